The summed E-state index contributed by atoms with van der Waals surface area (Å²) in [5.74, 6) is 1.75. The molecule has 0 amide bonds. The van der Waals surface area contributed by atoms with Gasteiger partial charge in [-0.2, -0.15) is 0 Å². The van der Waals surface area contributed by atoms with Crippen LogP contribution in [0.5, 0.6) is 0 Å². The summed E-state index contributed by atoms with van der Waals surface area (Å²) in [6.45, 7) is 9.29. The number of guanidine groups is 1. The van der Waals surface area contributed by atoms with Crippen molar-refractivity contribution in [3.63, 3.8) is 0 Å². The van der Waals surface area contributed by atoms with Crippen molar-refractivity contribution in [3.05, 3.63) is 0 Å². The Bertz CT molecular complexity index is 243. The molecule has 1 heterocycles. The minimum absolute atomic E-state index is 0.662. The first-order valence-corrected chi connectivity index (χ1v) is 7.34. The summed E-state index contributed by atoms with van der Waals surface area (Å²) in [6.07, 6.45) is 4.94. The van der Waals surface area contributed by atoms with Crippen molar-refractivity contribution < 1.29 is 4.74 Å². The van der Waals surface area contributed by atoms with Gasteiger partial charge < -0.3 is 15.0 Å². The van der Waals surface area contributed by atoms with Crippen LogP contribution in [-0.2, 0) is 4.74 Å². The van der Waals surface area contributed by atoms with Gasteiger partial charge in [0.1, 0.15) is 0 Å². The second-order valence-corrected chi connectivity index (χ2v) is 5.00. The number of hydrogen-bond donors (Lipinski definition) is 1. The molecule has 0 aliphatic carbocycles. The Kier molecular flexibility index (Phi) is 7.81. The molecule has 0 aromatic carbocycles. The van der Waals surface area contributed by atoms with E-state index < -0.39 is 0 Å². The van der Waals surface area contributed by atoms with Gasteiger partial charge in [0.25, 0.3) is 0 Å². The number of ether oxygens (including phenoxy) is 1. The van der Waals surface area contributed by atoms with E-state index >= 15 is 0 Å². The van der Waals surface area contributed by atoms with Crippen LogP contribution in [0.25, 0.3) is 0 Å². The van der Waals surface area contributed by atoms with Crippen LogP contribution >= 0.6 is 0 Å². The number of hydrogen-bond acceptors (Lipinski definition) is 2. The Labute approximate surface area is 112 Å². The van der Waals surface area contributed by atoms with Crippen molar-refractivity contribution in [1.82, 2.24) is 10.2 Å². The molecule has 0 bridgehead atoms. The molecule has 4 nitrogen and oxygen atoms in total. The fraction of sp³-hybridized carbons (Fsp3) is 0.929. The number of nitrogens with one attached hydrogen (secondary N) is 1. The van der Waals surface area contributed by atoms with E-state index in [1.54, 1.807) is 7.11 Å². The molecule has 18 heavy (non-hydrogen) atoms. The lowest BCUT2D eigenvalue weighted by Gasteiger charge is -2.21. The molecule has 1 N–H and O–H groups in total. The van der Waals surface area contributed by atoms with Crippen molar-refractivity contribution in [3.8, 4) is 0 Å². The predicted molar refractivity (Wildman–Crippen MR) is 77.1 cm³/mol. The summed E-state index contributed by atoms with van der Waals surface area (Å²) in [5.41, 5.74) is 0. The van der Waals surface area contributed by atoms with E-state index in [1.807, 2.05) is 0 Å². The van der Waals surface area contributed by atoms with Gasteiger partial charge in [-0.3, -0.25) is 4.99 Å². The van der Waals surface area contributed by atoms with Gasteiger partial charge in [0.2, 0.25) is 0 Å². The topological polar surface area (TPSA) is 36.9 Å². The van der Waals surface area contributed by atoms with Gasteiger partial charge in [-0.15, -0.1) is 0 Å². The second-order valence-electron chi connectivity index (χ2n) is 5.00. The molecule has 1 atom stereocenters. The highest BCUT2D eigenvalue weighted by molar-refractivity contribution is 5.80. The van der Waals surface area contributed by atoms with Crippen LogP contribution in [0.3, 0.4) is 0 Å². The lowest BCUT2D eigenvalue weighted by molar-refractivity contribution is 0.157. The Balaban J connectivity index is 2.41. The zero-order valence-electron chi connectivity index (χ0n) is 12.2. The average Bonchev–Trinajstić information content (AvgIpc) is 2.82. The van der Waals surface area contributed by atoms with Gasteiger partial charge in [0.05, 0.1) is 6.61 Å². The van der Waals surface area contributed by atoms with Gasteiger partial charge >= 0.3 is 0 Å². The normalized spacial score (nSPS) is 20.5. The molecule has 0 aromatic rings. The Morgan fingerprint density at radius 3 is 2.89 bits per heavy atom. The molecule has 1 saturated heterocycles. The summed E-state index contributed by atoms with van der Waals surface area (Å²) in [5, 5.41) is 3.40. The maximum Gasteiger partial charge on any atom is 0.193 e. The monoisotopic (exact) mass is 255 g/mol. The molecule has 1 aliphatic rings. The quantitative estimate of drug-likeness (QED) is 0.430. The first-order valence-electron chi connectivity index (χ1n) is 7.34. The highest BCUT2D eigenvalue weighted by Gasteiger charge is 2.24. The van der Waals surface area contributed by atoms with Crippen molar-refractivity contribution in [1.29, 1.82) is 0 Å². The molecular weight excluding hydrogens is 226 g/mol. The smallest absolute Gasteiger partial charge is 0.193 e. The van der Waals surface area contributed by atoms with Crippen LogP contribution in [-0.4, -0.2) is 50.8 Å². The van der Waals surface area contributed by atoms with E-state index in [0.717, 1.165) is 38.7 Å². The zero-order chi connectivity index (χ0) is 13.2. The Morgan fingerprint density at radius 2 is 2.22 bits per heavy atom. The summed E-state index contributed by atoms with van der Waals surface area (Å²) < 4.78 is 5.24. The number of aliphatic imine (C=N–C) groups is 1. The largest absolute Gasteiger partial charge is 0.384 e. The third-order valence-corrected chi connectivity index (χ3v) is 3.35. The fourth-order valence-corrected chi connectivity index (χ4v) is 2.37. The maximum absolute atomic E-state index is 5.24. The molecule has 1 fully saturated rings. The van der Waals surface area contributed by atoms with E-state index in [9.17, 15) is 0 Å². The minimum atomic E-state index is 0.662. The number of nitrogens with zero attached hydrogens (tertiary/aromatic N) is 2. The Morgan fingerprint density at radius 1 is 1.39 bits per heavy atom. The van der Waals surface area contributed by atoms with Crippen molar-refractivity contribution in [2.45, 2.75) is 39.5 Å². The van der Waals surface area contributed by atoms with E-state index in [2.05, 4.69) is 24.1 Å². The summed E-state index contributed by atoms with van der Waals surface area (Å²) >= 11 is 0. The molecular formula is C14H29N3O. The summed E-state index contributed by atoms with van der Waals surface area (Å²) in [7, 11) is 1.78. The lowest BCUT2D eigenvalue weighted by atomic mass is 10.1. The first kappa shape index (κ1) is 15.3. The van der Waals surface area contributed by atoms with Gasteiger partial charge in [0.15, 0.2) is 5.96 Å². The van der Waals surface area contributed by atoms with Crippen LogP contribution in [0.4, 0.5) is 0 Å². The zero-order valence-corrected chi connectivity index (χ0v) is 12.2. The van der Waals surface area contributed by atoms with Crippen molar-refractivity contribution in [2.24, 2.45) is 10.9 Å². The van der Waals surface area contributed by atoms with Gasteiger partial charge in [0, 0.05) is 39.2 Å². The van der Waals surface area contributed by atoms with Crippen LogP contribution in [0.2, 0.25) is 0 Å². The summed E-state index contributed by atoms with van der Waals surface area (Å²) in [4.78, 5) is 7.09. The van der Waals surface area contributed by atoms with Crippen LogP contribution in [0, 0.1) is 5.92 Å². The SMILES string of the molecule is CCCCCN=C(NCC)N1CCC(COC)C1. The maximum atomic E-state index is 5.24. The summed E-state index contributed by atoms with van der Waals surface area (Å²) in [6, 6.07) is 0. The number of methoxy groups -OCH3 is 1. The number of unbranched alkanes of at least 4 members (excludes halogenated alkanes) is 2. The van der Waals surface area contributed by atoms with Crippen molar-refractivity contribution in [2.75, 3.05) is 39.9 Å². The van der Waals surface area contributed by atoms with Crippen LogP contribution in [0.1, 0.15) is 39.5 Å². The van der Waals surface area contributed by atoms with E-state index in [0.29, 0.717) is 5.92 Å². The van der Waals surface area contributed by atoms with Gasteiger partial charge in [-0.25, -0.2) is 0 Å². The van der Waals surface area contributed by atoms with Gasteiger partial charge in [-0.05, 0) is 19.8 Å². The second kappa shape index (κ2) is 9.20. The first-order chi connectivity index (χ1) is 8.81. The molecule has 0 aromatic heterocycles. The fourth-order valence-electron chi connectivity index (χ4n) is 2.37. The Hall–Kier alpha value is -0.770. The van der Waals surface area contributed by atoms with E-state index in [1.165, 1.54) is 25.7 Å². The number of likely N-dealkylation sites (tertiary alicyclic amines) is 1. The number of rotatable bonds is 7. The predicted octanol–water partition coefficient (Wildman–Crippen LogP) is 2.11. The average molecular weight is 255 g/mol. The lowest BCUT2D eigenvalue weighted by Crippen LogP contribution is -2.40. The molecule has 4 heteroatoms. The third-order valence-electron chi connectivity index (χ3n) is 3.35. The molecule has 1 rings (SSSR count). The molecule has 1 unspecified atom stereocenters. The van der Waals surface area contributed by atoms with Crippen LogP contribution < -0.4 is 5.32 Å². The molecule has 106 valence electrons. The van der Waals surface area contributed by atoms with Crippen molar-refractivity contribution >= 4 is 5.96 Å². The van der Waals surface area contributed by atoms with Crippen LogP contribution in [0.15, 0.2) is 4.99 Å². The molecule has 1 aliphatic heterocycles. The van der Waals surface area contributed by atoms with Gasteiger partial charge in [-0.1, -0.05) is 19.8 Å². The third kappa shape index (κ3) is 5.25. The highest BCUT2D eigenvalue weighted by atomic mass is 16.5. The molecule has 0 radical (unpaired) electrons. The van der Waals surface area contributed by atoms with E-state index in [-0.39, 0.29) is 0 Å². The molecule has 0 saturated carbocycles. The molecule has 0 spiro atoms. The minimum Gasteiger partial charge on any atom is -0.384 e. The standard InChI is InChI=1S/C14H29N3O/c1-4-6-7-9-16-14(15-5-2)17-10-8-13(11-17)12-18-3/h13H,4-12H2,1-3H3,(H,15,16). The highest BCUT2D eigenvalue weighted by Crippen LogP contribution is 2.16. The van der Waals surface area contributed by atoms with E-state index in [4.69, 9.17) is 9.73 Å².